The molecule has 0 heterocycles. The van der Waals surface area contributed by atoms with Gasteiger partial charge in [-0.3, -0.25) is 0 Å². The highest BCUT2D eigenvalue weighted by Gasteiger charge is 2.19. The molecule has 3 N–H and O–H groups in total. The number of nitrogens with zero attached hydrogens (tertiary/aromatic N) is 1. The lowest BCUT2D eigenvalue weighted by molar-refractivity contribution is -0.910. The van der Waals surface area contributed by atoms with Gasteiger partial charge in [0.2, 0.25) is 0 Å². The van der Waals surface area contributed by atoms with E-state index < -0.39 is 0 Å². The van der Waals surface area contributed by atoms with E-state index in [1.807, 2.05) is 0 Å². The summed E-state index contributed by atoms with van der Waals surface area (Å²) < 4.78 is 0.799. The van der Waals surface area contributed by atoms with Gasteiger partial charge < -0.3 is 32.2 Å². The molecule has 0 aromatic heterocycles. The van der Waals surface area contributed by atoms with E-state index in [-0.39, 0.29) is 25.6 Å². The maximum Gasteiger partial charge on any atom is 0.102 e. The molecule has 5 heteroatoms. The van der Waals surface area contributed by atoms with Crippen molar-refractivity contribution in [3.05, 3.63) is 0 Å². The molecule has 0 atom stereocenters. The monoisotopic (exact) mass is 395 g/mol. The van der Waals surface area contributed by atoms with Crippen molar-refractivity contribution >= 4 is 0 Å². The van der Waals surface area contributed by atoms with Crippen molar-refractivity contribution in [3.63, 3.8) is 0 Å². The molecular formula is C21H46ClNO3. The largest absolute Gasteiger partial charge is 1.00 e. The Hall–Kier alpha value is 0.130. The molecule has 0 saturated carbocycles. The Morgan fingerprint density at radius 2 is 0.731 bits per heavy atom. The molecule has 0 radical (unpaired) electrons. The number of aliphatic hydroxyl groups is 3. The third-order valence-corrected chi connectivity index (χ3v) is 5.39. The highest BCUT2D eigenvalue weighted by molar-refractivity contribution is 4.50. The van der Waals surface area contributed by atoms with E-state index in [4.69, 9.17) is 15.3 Å². The van der Waals surface area contributed by atoms with Gasteiger partial charge in [-0.05, 0) is 19.3 Å². The summed E-state index contributed by atoms with van der Waals surface area (Å²) in [6.45, 7) is 3.34. The third-order valence-electron chi connectivity index (χ3n) is 5.39. The minimum atomic E-state index is 0. The van der Waals surface area contributed by atoms with Crippen LogP contribution in [0.4, 0.5) is 0 Å². The minimum absolute atomic E-state index is 0. The molecule has 0 aromatic carbocycles. The van der Waals surface area contributed by atoms with Crippen molar-refractivity contribution < 1.29 is 32.2 Å². The molecule has 0 unspecified atom stereocenters. The van der Waals surface area contributed by atoms with Crippen LogP contribution in [-0.4, -0.2) is 66.3 Å². The lowest BCUT2D eigenvalue weighted by Crippen LogP contribution is -3.00. The second-order valence-electron chi connectivity index (χ2n) is 7.91. The van der Waals surface area contributed by atoms with Gasteiger partial charge in [-0.25, -0.2) is 0 Å². The van der Waals surface area contributed by atoms with Gasteiger partial charge >= 0.3 is 0 Å². The predicted octanol–water partition coefficient (Wildman–Crippen LogP) is 0.875. The average Bonchev–Trinajstić information content (AvgIpc) is 2.59. The summed E-state index contributed by atoms with van der Waals surface area (Å²) in [5.74, 6) is 0. The average molecular weight is 396 g/mol. The highest BCUT2D eigenvalue weighted by atomic mass is 35.5. The summed E-state index contributed by atoms with van der Waals surface area (Å²) >= 11 is 0. The normalized spacial score (nSPS) is 11.5. The third kappa shape index (κ3) is 18.9. The lowest BCUT2D eigenvalue weighted by atomic mass is 10.0. The Morgan fingerprint density at radius 1 is 0.423 bits per heavy atom. The van der Waals surface area contributed by atoms with Crippen LogP contribution in [0, 0.1) is 0 Å². The fourth-order valence-electron chi connectivity index (χ4n) is 3.54. The van der Waals surface area contributed by atoms with Crippen LogP contribution in [0.5, 0.6) is 0 Å². The second kappa shape index (κ2) is 21.4. The molecule has 26 heavy (non-hydrogen) atoms. The topological polar surface area (TPSA) is 60.7 Å². The first-order valence-corrected chi connectivity index (χ1v) is 10.8. The molecule has 0 aliphatic heterocycles. The van der Waals surface area contributed by atoms with Crippen molar-refractivity contribution in [3.8, 4) is 0 Å². The molecule has 0 rings (SSSR count). The van der Waals surface area contributed by atoms with E-state index in [1.165, 1.54) is 83.5 Å². The van der Waals surface area contributed by atoms with Gasteiger partial charge in [-0.2, -0.15) is 0 Å². The van der Waals surface area contributed by atoms with Crippen LogP contribution in [0.3, 0.4) is 0 Å². The zero-order valence-corrected chi connectivity index (χ0v) is 18.1. The maximum absolute atomic E-state index is 9.15. The first kappa shape index (κ1) is 28.3. The van der Waals surface area contributed by atoms with E-state index in [0.717, 1.165) is 30.5 Å². The van der Waals surface area contributed by atoms with E-state index in [2.05, 4.69) is 7.05 Å². The number of aliphatic hydroxyl groups excluding tert-OH is 3. The van der Waals surface area contributed by atoms with Gasteiger partial charge in [0.05, 0.1) is 26.8 Å². The molecule has 4 nitrogen and oxygen atoms in total. The van der Waals surface area contributed by atoms with Gasteiger partial charge in [0, 0.05) is 6.61 Å². The Bertz CT molecular complexity index is 262. The molecule has 0 aliphatic rings. The van der Waals surface area contributed by atoms with Crippen LogP contribution in [0.2, 0.25) is 0 Å². The van der Waals surface area contributed by atoms with Crippen molar-refractivity contribution in [2.24, 2.45) is 0 Å². The zero-order valence-electron chi connectivity index (χ0n) is 17.3. The Balaban J connectivity index is 0. The molecule has 0 amide bonds. The Labute approximate surface area is 169 Å². The summed E-state index contributed by atoms with van der Waals surface area (Å²) in [6.07, 6.45) is 18.2. The number of rotatable bonds is 20. The van der Waals surface area contributed by atoms with Crippen LogP contribution < -0.4 is 12.4 Å². The van der Waals surface area contributed by atoms with Crippen molar-refractivity contribution in [1.82, 2.24) is 0 Å². The number of halogens is 1. The molecule has 0 saturated heterocycles. The fourth-order valence-corrected chi connectivity index (χ4v) is 3.54. The molecular weight excluding hydrogens is 350 g/mol. The van der Waals surface area contributed by atoms with E-state index in [0.29, 0.717) is 6.61 Å². The Kier molecular flexibility index (Phi) is 23.4. The van der Waals surface area contributed by atoms with Gasteiger partial charge in [-0.1, -0.05) is 70.6 Å². The van der Waals surface area contributed by atoms with Crippen LogP contribution in [0.1, 0.15) is 89.9 Å². The minimum Gasteiger partial charge on any atom is -1.00 e. The van der Waals surface area contributed by atoms with E-state index >= 15 is 0 Å². The standard InChI is InChI=1S/C21H46NO3.ClH/c1-22(17-20-24,18-21-25)16-14-12-10-8-6-4-2-3-5-7-9-11-13-15-19-23;/h23-25H,2-21H2,1H3;1H/q+1;/p-1. The first-order chi connectivity index (χ1) is 12.2. The summed E-state index contributed by atoms with van der Waals surface area (Å²) in [7, 11) is 2.14. The van der Waals surface area contributed by atoms with Crippen molar-refractivity contribution in [1.29, 1.82) is 0 Å². The number of unbranched alkanes of at least 4 members (excludes halogenated alkanes) is 13. The first-order valence-electron chi connectivity index (χ1n) is 10.8. The smallest absolute Gasteiger partial charge is 0.102 e. The SMILES string of the molecule is C[N+](CCO)(CCO)CCCCCCCCCCCCCCCCO.[Cl-]. The van der Waals surface area contributed by atoms with Crippen LogP contribution in [0.25, 0.3) is 0 Å². The van der Waals surface area contributed by atoms with Crippen LogP contribution >= 0.6 is 0 Å². The van der Waals surface area contributed by atoms with E-state index in [9.17, 15) is 0 Å². The fraction of sp³-hybridized carbons (Fsp3) is 1.00. The number of hydrogen-bond acceptors (Lipinski definition) is 3. The zero-order chi connectivity index (χ0) is 18.6. The van der Waals surface area contributed by atoms with Crippen LogP contribution in [0.15, 0.2) is 0 Å². The van der Waals surface area contributed by atoms with Crippen LogP contribution in [-0.2, 0) is 0 Å². The van der Waals surface area contributed by atoms with Gasteiger partial charge in [0.25, 0.3) is 0 Å². The highest BCUT2D eigenvalue weighted by Crippen LogP contribution is 2.13. The lowest BCUT2D eigenvalue weighted by Gasteiger charge is -2.33. The molecule has 0 bridgehead atoms. The molecule has 0 aromatic rings. The summed E-state index contributed by atoms with van der Waals surface area (Å²) in [4.78, 5) is 0. The summed E-state index contributed by atoms with van der Waals surface area (Å²) in [5.41, 5.74) is 0. The quantitative estimate of drug-likeness (QED) is 0.212. The molecule has 160 valence electrons. The second-order valence-corrected chi connectivity index (χ2v) is 7.91. The number of hydrogen-bond donors (Lipinski definition) is 3. The summed E-state index contributed by atoms with van der Waals surface area (Å²) in [6, 6.07) is 0. The van der Waals surface area contributed by atoms with Gasteiger partial charge in [0.1, 0.15) is 13.1 Å². The molecule has 0 fully saturated rings. The van der Waals surface area contributed by atoms with E-state index in [1.54, 1.807) is 0 Å². The molecule has 0 aliphatic carbocycles. The summed E-state index contributed by atoms with van der Waals surface area (Å²) in [5, 5.41) is 27.0. The molecule has 0 spiro atoms. The van der Waals surface area contributed by atoms with Gasteiger partial charge in [-0.15, -0.1) is 0 Å². The number of quaternary nitrogens is 1. The Morgan fingerprint density at radius 3 is 1.04 bits per heavy atom. The number of likely N-dealkylation sites (N-methyl/N-ethyl adjacent to an activating group) is 1. The predicted molar refractivity (Wildman–Crippen MR) is 107 cm³/mol. The van der Waals surface area contributed by atoms with Gasteiger partial charge in [0.15, 0.2) is 0 Å². The van der Waals surface area contributed by atoms with Crippen molar-refractivity contribution in [2.45, 2.75) is 89.9 Å². The maximum atomic E-state index is 9.15. The van der Waals surface area contributed by atoms with Crippen molar-refractivity contribution in [2.75, 3.05) is 46.5 Å².